The monoisotopic (exact) mass is 287 g/mol. The van der Waals surface area contributed by atoms with Crippen molar-refractivity contribution in [3.8, 4) is 0 Å². The van der Waals surface area contributed by atoms with Crippen LogP contribution < -0.4 is 0 Å². The van der Waals surface area contributed by atoms with E-state index < -0.39 is 5.97 Å². The Morgan fingerprint density at radius 3 is 2.44 bits per heavy atom. The van der Waals surface area contributed by atoms with Gasteiger partial charge in [0.2, 0.25) is 5.91 Å². The molecule has 0 aliphatic rings. The van der Waals surface area contributed by atoms with Crippen molar-refractivity contribution in [2.24, 2.45) is 0 Å². The number of carboxylic acid groups (broad SMARTS) is 1. The van der Waals surface area contributed by atoms with Gasteiger partial charge in [-0.15, -0.1) is 11.8 Å². The molecule has 1 aromatic carbocycles. The zero-order valence-corrected chi connectivity index (χ0v) is 11.5. The number of aliphatic carboxylic acids is 1. The van der Waals surface area contributed by atoms with Gasteiger partial charge in [0, 0.05) is 16.5 Å². The molecule has 0 bridgehead atoms. The molecule has 4 nitrogen and oxygen atoms in total. The summed E-state index contributed by atoms with van der Waals surface area (Å²) < 4.78 is 0. The number of amides is 1. The van der Waals surface area contributed by atoms with Crippen molar-refractivity contribution in [3.63, 3.8) is 0 Å². The van der Waals surface area contributed by atoms with Crippen molar-refractivity contribution in [3.05, 3.63) is 29.3 Å². The highest BCUT2D eigenvalue weighted by atomic mass is 35.5. The van der Waals surface area contributed by atoms with Gasteiger partial charge in [0.05, 0.1) is 5.75 Å². The first-order chi connectivity index (χ1) is 8.52. The maximum absolute atomic E-state index is 11.8. The van der Waals surface area contributed by atoms with Gasteiger partial charge in [0.15, 0.2) is 0 Å². The normalized spacial score (nSPS) is 10.1. The van der Waals surface area contributed by atoms with Crippen molar-refractivity contribution in [2.45, 2.75) is 11.8 Å². The molecule has 0 atom stereocenters. The van der Waals surface area contributed by atoms with E-state index in [1.807, 2.05) is 12.1 Å². The number of carbonyl (C=O) groups excluding carboxylic acids is 1. The van der Waals surface area contributed by atoms with Crippen LogP contribution in [0.15, 0.2) is 29.2 Å². The standard InChI is InChI=1S/C12H14ClNO3S/c1-2-14(7-12(16)17)11(15)8-18-10-5-3-9(13)4-6-10/h3-6H,2,7-8H2,1H3,(H,16,17). The van der Waals surface area contributed by atoms with Gasteiger partial charge in [0.1, 0.15) is 6.54 Å². The Bertz CT molecular complexity index is 422. The fourth-order valence-corrected chi connectivity index (χ4v) is 2.23. The third-order valence-electron chi connectivity index (χ3n) is 2.24. The molecule has 0 fully saturated rings. The van der Waals surface area contributed by atoms with Gasteiger partial charge < -0.3 is 10.0 Å². The Kier molecular flexibility index (Phi) is 6.01. The van der Waals surface area contributed by atoms with E-state index in [1.165, 1.54) is 16.7 Å². The second kappa shape index (κ2) is 7.28. The molecular weight excluding hydrogens is 274 g/mol. The summed E-state index contributed by atoms with van der Waals surface area (Å²) >= 11 is 7.12. The van der Waals surface area contributed by atoms with Crippen LogP contribution in [0.2, 0.25) is 5.02 Å². The maximum Gasteiger partial charge on any atom is 0.323 e. The van der Waals surface area contributed by atoms with Gasteiger partial charge in [-0.1, -0.05) is 11.6 Å². The van der Waals surface area contributed by atoms with Gasteiger partial charge in [0.25, 0.3) is 0 Å². The molecule has 6 heteroatoms. The smallest absolute Gasteiger partial charge is 0.323 e. The summed E-state index contributed by atoms with van der Waals surface area (Å²) in [4.78, 5) is 24.6. The molecule has 18 heavy (non-hydrogen) atoms. The van der Waals surface area contributed by atoms with Crippen LogP contribution in [-0.4, -0.2) is 40.7 Å². The molecule has 1 aromatic rings. The Balaban J connectivity index is 2.49. The zero-order valence-electron chi connectivity index (χ0n) is 9.93. The number of hydrogen-bond donors (Lipinski definition) is 1. The largest absolute Gasteiger partial charge is 0.480 e. The minimum absolute atomic E-state index is 0.181. The van der Waals surface area contributed by atoms with E-state index >= 15 is 0 Å². The second-order valence-corrected chi connectivity index (χ2v) is 5.03. The van der Waals surface area contributed by atoms with E-state index in [0.717, 1.165) is 4.90 Å². The summed E-state index contributed by atoms with van der Waals surface area (Å²) in [5, 5.41) is 9.31. The molecule has 98 valence electrons. The van der Waals surface area contributed by atoms with Crippen LogP contribution in [0, 0.1) is 0 Å². The highest BCUT2D eigenvalue weighted by molar-refractivity contribution is 8.00. The number of rotatable bonds is 6. The molecule has 1 N–H and O–H groups in total. The molecule has 0 unspecified atom stereocenters. The summed E-state index contributed by atoms with van der Waals surface area (Å²) in [6.45, 7) is 1.90. The molecule has 0 aliphatic heterocycles. The molecule has 0 heterocycles. The van der Waals surface area contributed by atoms with Gasteiger partial charge in [-0.25, -0.2) is 0 Å². The molecular formula is C12H14ClNO3S. The van der Waals surface area contributed by atoms with Crippen LogP contribution in [0.4, 0.5) is 0 Å². The van der Waals surface area contributed by atoms with E-state index in [9.17, 15) is 9.59 Å². The molecule has 1 amide bonds. The average Bonchev–Trinajstić information content (AvgIpc) is 2.34. The van der Waals surface area contributed by atoms with Crippen molar-refractivity contribution in [1.82, 2.24) is 4.90 Å². The lowest BCUT2D eigenvalue weighted by atomic mass is 10.4. The van der Waals surface area contributed by atoms with E-state index in [4.69, 9.17) is 16.7 Å². The number of carbonyl (C=O) groups is 2. The number of halogens is 1. The fraction of sp³-hybridized carbons (Fsp3) is 0.333. The number of benzene rings is 1. The van der Waals surface area contributed by atoms with Gasteiger partial charge >= 0.3 is 5.97 Å². The number of carboxylic acids is 1. The SMILES string of the molecule is CCN(CC(=O)O)C(=O)CSc1ccc(Cl)cc1. The highest BCUT2D eigenvalue weighted by Gasteiger charge is 2.14. The number of nitrogens with zero attached hydrogens (tertiary/aromatic N) is 1. The first-order valence-electron chi connectivity index (χ1n) is 5.41. The van der Waals surface area contributed by atoms with Gasteiger partial charge in [-0.05, 0) is 31.2 Å². The van der Waals surface area contributed by atoms with Crippen molar-refractivity contribution < 1.29 is 14.7 Å². The molecule has 0 saturated heterocycles. The molecule has 0 spiro atoms. The Morgan fingerprint density at radius 1 is 1.33 bits per heavy atom. The van der Waals surface area contributed by atoms with Crippen LogP contribution >= 0.6 is 23.4 Å². The zero-order chi connectivity index (χ0) is 13.5. The van der Waals surface area contributed by atoms with E-state index in [-0.39, 0.29) is 18.2 Å². The van der Waals surface area contributed by atoms with Gasteiger partial charge in [-0.2, -0.15) is 0 Å². The summed E-state index contributed by atoms with van der Waals surface area (Å²) in [6.07, 6.45) is 0. The summed E-state index contributed by atoms with van der Waals surface area (Å²) in [5.41, 5.74) is 0. The van der Waals surface area contributed by atoms with Crippen LogP contribution in [0.1, 0.15) is 6.92 Å². The Hall–Kier alpha value is -1.20. The minimum Gasteiger partial charge on any atom is -0.480 e. The first kappa shape index (κ1) is 14.9. The number of thioether (sulfide) groups is 1. The average molecular weight is 288 g/mol. The summed E-state index contributed by atoms with van der Waals surface area (Å²) in [6, 6.07) is 7.16. The summed E-state index contributed by atoms with van der Waals surface area (Å²) in [7, 11) is 0. The fourth-order valence-electron chi connectivity index (χ4n) is 1.31. The summed E-state index contributed by atoms with van der Waals surface area (Å²) in [5.74, 6) is -0.954. The Labute approximate surface area is 115 Å². The Morgan fingerprint density at radius 2 is 1.94 bits per heavy atom. The third kappa shape index (κ3) is 4.98. The van der Waals surface area contributed by atoms with E-state index in [1.54, 1.807) is 19.1 Å². The topological polar surface area (TPSA) is 57.6 Å². The number of likely N-dealkylation sites (N-methyl/N-ethyl adjacent to an activating group) is 1. The van der Waals surface area contributed by atoms with E-state index in [0.29, 0.717) is 11.6 Å². The molecule has 1 rings (SSSR count). The first-order valence-corrected chi connectivity index (χ1v) is 6.77. The number of hydrogen-bond acceptors (Lipinski definition) is 3. The minimum atomic E-state index is -0.998. The molecule has 0 aliphatic carbocycles. The maximum atomic E-state index is 11.8. The lowest BCUT2D eigenvalue weighted by Crippen LogP contribution is -2.36. The van der Waals surface area contributed by atoms with Crippen LogP contribution in [-0.2, 0) is 9.59 Å². The lowest BCUT2D eigenvalue weighted by molar-refractivity contribution is -0.143. The van der Waals surface area contributed by atoms with Crippen LogP contribution in [0.3, 0.4) is 0 Å². The van der Waals surface area contributed by atoms with E-state index in [2.05, 4.69) is 0 Å². The van der Waals surface area contributed by atoms with Crippen molar-refractivity contribution in [2.75, 3.05) is 18.8 Å². The van der Waals surface area contributed by atoms with Crippen molar-refractivity contribution in [1.29, 1.82) is 0 Å². The quantitative estimate of drug-likeness (QED) is 0.816. The second-order valence-electron chi connectivity index (χ2n) is 3.54. The molecule has 0 aromatic heterocycles. The molecule has 0 saturated carbocycles. The highest BCUT2D eigenvalue weighted by Crippen LogP contribution is 2.20. The predicted molar refractivity (Wildman–Crippen MR) is 72.1 cm³/mol. The predicted octanol–water partition coefficient (Wildman–Crippen LogP) is 2.37. The lowest BCUT2D eigenvalue weighted by Gasteiger charge is -2.18. The van der Waals surface area contributed by atoms with Crippen molar-refractivity contribution >= 4 is 35.2 Å². The third-order valence-corrected chi connectivity index (χ3v) is 3.49. The molecule has 0 radical (unpaired) electrons. The van der Waals surface area contributed by atoms with Crippen LogP contribution in [0.25, 0.3) is 0 Å². The van der Waals surface area contributed by atoms with Crippen LogP contribution in [0.5, 0.6) is 0 Å². The van der Waals surface area contributed by atoms with Gasteiger partial charge in [-0.3, -0.25) is 9.59 Å².